The van der Waals surface area contributed by atoms with Crippen molar-refractivity contribution in [2.24, 2.45) is 0 Å². The summed E-state index contributed by atoms with van der Waals surface area (Å²) in [6, 6.07) is 15.5. The average molecular weight is 298 g/mol. The van der Waals surface area contributed by atoms with Crippen molar-refractivity contribution >= 4 is 11.6 Å². The third-order valence-corrected chi connectivity index (χ3v) is 3.50. The van der Waals surface area contributed by atoms with Gasteiger partial charge in [0, 0.05) is 19.3 Å². The van der Waals surface area contributed by atoms with E-state index >= 15 is 0 Å². The first-order valence-corrected chi connectivity index (χ1v) is 7.14. The lowest BCUT2D eigenvalue weighted by molar-refractivity contribution is -0.119. The van der Waals surface area contributed by atoms with Crippen molar-refractivity contribution in [3.63, 3.8) is 0 Å². The molecule has 0 spiro atoms. The standard InChI is InChI=1S/C17H18N2O3/c1-19(14-5-3-2-4-6-14)11-17(20)18-10-13-7-8-15-16(9-13)22-12-21-15/h2-9H,10-12H2,1H3,(H,18,20). The predicted octanol–water partition coefficient (Wildman–Crippen LogP) is 2.17. The Kier molecular flexibility index (Phi) is 4.14. The van der Waals surface area contributed by atoms with Crippen molar-refractivity contribution in [3.8, 4) is 11.5 Å². The summed E-state index contributed by atoms with van der Waals surface area (Å²) < 4.78 is 10.6. The fourth-order valence-electron chi connectivity index (χ4n) is 2.30. The quantitative estimate of drug-likeness (QED) is 0.919. The first-order valence-electron chi connectivity index (χ1n) is 7.14. The Balaban J connectivity index is 1.52. The van der Waals surface area contributed by atoms with Gasteiger partial charge in [0.2, 0.25) is 12.7 Å². The van der Waals surface area contributed by atoms with Gasteiger partial charge in [-0.05, 0) is 29.8 Å². The predicted molar refractivity (Wildman–Crippen MR) is 84.1 cm³/mol. The molecule has 0 radical (unpaired) electrons. The SMILES string of the molecule is CN(CC(=O)NCc1ccc2c(c1)OCO2)c1ccccc1. The number of hydrogen-bond donors (Lipinski definition) is 1. The number of para-hydroxylation sites is 1. The fourth-order valence-corrected chi connectivity index (χ4v) is 2.30. The van der Waals surface area contributed by atoms with E-state index in [-0.39, 0.29) is 12.7 Å². The van der Waals surface area contributed by atoms with Crippen molar-refractivity contribution in [2.75, 3.05) is 25.3 Å². The minimum absolute atomic E-state index is 0.0241. The van der Waals surface area contributed by atoms with E-state index in [0.717, 1.165) is 22.7 Å². The van der Waals surface area contributed by atoms with Crippen LogP contribution in [-0.4, -0.2) is 26.3 Å². The van der Waals surface area contributed by atoms with Gasteiger partial charge in [-0.1, -0.05) is 24.3 Å². The van der Waals surface area contributed by atoms with E-state index in [1.54, 1.807) is 0 Å². The summed E-state index contributed by atoms with van der Waals surface area (Å²) in [5.41, 5.74) is 2.00. The number of ether oxygens (including phenoxy) is 2. The molecule has 1 N–H and O–H groups in total. The van der Waals surface area contributed by atoms with Crippen LogP contribution < -0.4 is 19.7 Å². The number of nitrogens with zero attached hydrogens (tertiary/aromatic N) is 1. The van der Waals surface area contributed by atoms with Crippen LogP contribution in [0.25, 0.3) is 0 Å². The molecule has 0 fully saturated rings. The number of amides is 1. The average Bonchev–Trinajstić information content (AvgIpc) is 3.01. The van der Waals surface area contributed by atoms with Crippen molar-refractivity contribution in [2.45, 2.75) is 6.54 Å². The van der Waals surface area contributed by atoms with Crippen LogP contribution in [0.1, 0.15) is 5.56 Å². The third kappa shape index (κ3) is 3.31. The second-order valence-electron chi connectivity index (χ2n) is 5.16. The zero-order chi connectivity index (χ0) is 15.4. The minimum Gasteiger partial charge on any atom is -0.454 e. The molecule has 114 valence electrons. The molecule has 2 aromatic carbocycles. The van der Waals surface area contributed by atoms with E-state index in [4.69, 9.17) is 9.47 Å². The first kappa shape index (κ1) is 14.3. The summed E-state index contributed by atoms with van der Waals surface area (Å²) >= 11 is 0. The van der Waals surface area contributed by atoms with E-state index in [9.17, 15) is 4.79 Å². The van der Waals surface area contributed by atoms with Crippen LogP contribution in [0.5, 0.6) is 11.5 Å². The Labute approximate surface area is 129 Å². The molecule has 22 heavy (non-hydrogen) atoms. The van der Waals surface area contributed by atoms with Crippen LogP contribution >= 0.6 is 0 Å². The summed E-state index contributed by atoms with van der Waals surface area (Å²) in [5, 5.41) is 2.91. The number of carbonyl (C=O) groups is 1. The topological polar surface area (TPSA) is 50.8 Å². The monoisotopic (exact) mass is 298 g/mol. The van der Waals surface area contributed by atoms with Crippen LogP contribution in [0.3, 0.4) is 0 Å². The normalized spacial score (nSPS) is 12.0. The smallest absolute Gasteiger partial charge is 0.239 e. The molecule has 0 saturated heterocycles. The van der Waals surface area contributed by atoms with Crippen molar-refractivity contribution < 1.29 is 14.3 Å². The summed E-state index contributed by atoms with van der Waals surface area (Å²) in [6.45, 7) is 1.04. The number of anilines is 1. The van der Waals surface area contributed by atoms with Gasteiger partial charge < -0.3 is 19.7 Å². The van der Waals surface area contributed by atoms with Gasteiger partial charge in [0.05, 0.1) is 6.54 Å². The molecule has 0 aliphatic carbocycles. The lowest BCUT2D eigenvalue weighted by Crippen LogP contribution is -2.34. The van der Waals surface area contributed by atoms with Gasteiger partial charge in [-0.25, -0.2) is 0 Å². The van der Waals surface area contributed by atoms with E-state index in [1.807, 2.05) is 60.5 Å². The van der Waals surface area contributed by atoms with Gasteiger partial charge in [0.1, 0.15) is 0 Å². The molecule has 2 aromatic rings. The largest absolute Gasteiger partial charge is 0.454 e. The van der Waals surface area contributed by atoms with Gasteiger partial charge >= 0.3 is 0 Å². The molecule has 0 atom stereocenters. The summed E-state index contributed by atoms with van der Waals surface area (Å²) in [7, 11) is 1.90. The summed E-state index contributed by atoms with van der Waals surface area (Å²) in [6.07, 6.45) is 0. The van der Waals surface area contributed by atoms with Gasteiger partial charge in [0.15, 0.2) is 11.5 Å². The highest BCUT2D eigenvalue weighted by atomic mass is 16.7. The summed E-state index contributed by atoms with van der Waals surface area (Å²) in [5.74, 6) is 1.45. The molecule has 1 aliphatic rings. The van der Waals surface area contributed by atoms with Crippen LogP contribution in [0.2, 0.25) is 0 Å². The van der Waals surface area contributed by atoms with Gasteiger partial charge in [-0.2, -0.15) is 0 Å². The molecular formula is C17H18N2O3. The number of hydrogen-bond acceptors (Lipinski definition) is 4. The minimum atomic E-state index is -0.0241. The van der Waals surface area contributed by atoms with Gasteiger partial charge in [-0.3, -0.25) is 4.79 Å². The number of carbonyl (C=O) groups excluding carboxylic acids is 1. The molecular weight excluding hydrogens is 280 g/mol. The number of nitrogens with one attached hydrogen (secondary N) is 1. The zero-order valence-corrected chi connectivity index (χ0v) is 12.4. The van der Waals surface area contributed by atoms with Crippen molar-refractivity contribution in [3.05, 3.63) is 54.1 Å². The molecule has 0 bridgehead atoms. The highest BCUT2D eigenvalue weighted by Crippen LogP contribution is 2.32. The highest BCUT2D eigenvalue weighted by molar-refractivity contribution is 5.81. The molecule has 1 amide bonds. The lowest BCUT2D eigenvalue weighted by atomic mass is 10.2. The maximum absolute atomic E-state index is 12.0. The number of fused-ring (bicyclic) bond motifs is 1. The molecule has 0 saturated carbocycles. The second kappa shape index (κ2) is 6.39. The van der Waals surface area contributed by atoms with Crippen LogP contribution in [-0.2, 0) is 11.3 Å². The van der Waals surface area contributed by atoms with Gasteiger partial charge in [-0.15, -0.1) is 0 Å². The Morgan fingerprint density at radius 3 is 2.73 bits per heavy atom. The molecule has 0 unspecified atom stereocenters. The van der Waals surface area contributed by atoms with E-state index < -0.39 is 0 Å². The van der Waals surface area contributed by atoms with Crippen LogP contribution in [0, 0.1) is 0 Å². The molecule has 3 rings (SSSR count). The van der Waals surface area contributed by atoms with E-state index in [1.165, 1.54) is 0 Å². The second-order valence-corrected chi connectivity index (χ2v) is 5.16. The van der Waals surface area contributed by atoms with E-state index in [0.29, 0.717) is 13.1 Å². The van der Waals surface area contributed by atoms with Crippen LogP contribution in [0.4, 0.5) is 5.69 Å². The molecule has 1 aliphatic heterocycles. The van der Waals surface area contributed by atoms with Crippen molar-refractivity contribution in [1.29, 1.82) is 0 Å². The molecule has 0 aromatic heterocycles. The first-order chi connectivity index (χ1) is 10.7. The summed E-state index contributed by atoms with van der Waals surface area (Å²) in [4.78, 5) is 13.9. The number of likely N-dealkylation sites (N-methyl/N-ethyl adjacent to an activating group) is 1. The lowest BCUT2D eigenvalue weighted by Gasteiger charge is -2.18. The third-order valence-electron chi connectivity index (χ3n) is 3.50. The van der Waals surface area contributed by atoms with Gasteiger partial charge in [0.25, 0.3) is 0 Å². The Morgan fingerprint density at radius 1 is 1.14 bits per heavy atom. The molecule has 5 heteroatoms. The highest BCUT2D eigenvalue weighted by Gasteiger charge is 2.13. The van der Waals surface area contributed by atoms with Crippen molar-refractivity contribution in [1.82, 2.24) is 5.32 Å². The van der Waals surface area contributed by atoms with Crippen LogP contribution in [0.15, 0.2) is 48.5 Å². The molecule has 5 nitrogen and oxygen atoms in total. The molecule has 1 heterocycles. The Bertz CT molecular complexity index is 658. The zero-order valence-electron chi connectivity index (χ0n) is 12.4. The van der Waals surface area contributed by atoms with E-state index in [2.05, 4.69) is 5.32 Å². The number of rotatable bonds is 5. The maximum atomic E-state index is 12.0. The Hall–Kier alpha value is -2.69. The Morgan fingerprint density at radius 2 is 1.91 bits per heavy atom. The fraction of sp³-hybridized carbons (Fsp3) is 0.235. The number of benzene rings is 2. The maximum Gasteiger partial charge on any atom is 0.239 e.